The molecule has 8 aromatic carbocycles. The van der Waals surface area contributed by atoms with Crippen LogP contribution in [0, 0.1) is 0 Å². The lowest BCUT2D eigenvalue weighted by Gasteiger charge is -2.18. The van der Waals surface area contributed by atoms with Crippen molar-refractivity contribution in [1.82, 2.24) is 0 Å². The second kappa shape index (κ2) is 10.4. The van der Waals surface area contributed by atoms with E-state index < -0.39 is 147 Å². The fourth-order valence-corrected chi connectivity index (χ4v) is 5.82. The molecule has 0 aliphatic rings. The molecule has 9 aromatic rings. The molecule has 0 aliphatic carbocycles. The lowest BCUT2D eigenvalue weighted by molar-refractivity contribution is 0.669. The molecule has 45 heavy (non-hydrogen) atoms. The molecule has 0 saturated carbocycles. The van der Waals surface area contributed by atoms with Crippen molar-refractivity contribution in [2.24, 2.45) is 0 Å². The van der Waals surface area contributed by atoms with Crippen LogP contribution in [-0.2, 0) is 0 Å². The van der Waals surface area contributed by atoms with Gasteiger partial charge >= 0.3 is 0 Å². The standard InChI is InChI=1S/C44H28O/c1-3-11-29(12-4-1)34-23-25-35-40-27-33(24-26-41(40)45-42(35)28-34)30-19-21-32(22-20-30)44-38-17-9-7-15-36(38)43(31-13-5-2-6-14-31)37-16-8-10-18-39(37)44/h1-28H/i2D,5D,6D,7D,8D,9D,10D,13D,14D,15D,16D,17D,18D,19D,20D,21D,22D. The van der Waals surface area contributed by atoms with Gasteiger partial charge in [0.05, 0.1) is 23.3 Å². The zero-order valence-electron chi connectivity index (χ0n) is 40.3. The predicted octanol–water partition coefficient (Wildman–Crippen LogP) is 12.6. The predicted molar refractivity (Wildman–Crippen MR) is 190 cm³/mol. The van der Waals surface area contributed by atoms with Gasteiger partial charge in [-0.2, -0.15) is 0 Å². The van der Waals surface area contributed by atoms with Crippen molar-refractivity contribution in [2.45, 2.75) is 0 Å². The van der Waals surface area contributed by atoms with E-state index in [0.29, 0.717) is 16.6 Å². The number of hydrogen-bond acceptors (Lipinski definition) is 1. The van der Waals surface area contributed by atoms with Crippen LogP contribution in [0.25, 0.3) is 88.0 Å². The monoisotopic (exact) mass is 589 g/mol. The molecule has 0 unspecified atom stereocenters. The number of fused-ring (bicyclic) bond motifs is 5. The first-order valence-electron chi connectivity index (χ1n) is 22.5. The van der Waals surface area contributed by atoms with Crippen LogP contribution in [0.5, 0.6) is 0 Å². The minimum Gasteiger partial charge on any atom is -0.456 e. The smallest absolute Gasteiger partial charge is 0.136 e. The van der Waals surface area contributed by atoms with Crippen molar-refractivity contribution < 1.29 is 27.7 Å². The highest BCUT2D eigenvalue weighted by atomic mass is 16.3. The van der Waals surface area contributed by atoms with Gasteiger partial charge in [0, 0.05) is 10.8 Å². The Kier molecular flexibility index (Phi) is 3.18. The van der Waals surface area contributed by atoms with E-state index in [1.54, 1.807) is 18.2 Å². The molecule has 0 N–H and O–H groups in total. The van der Waals surface area contributed by atoms with Crippen molar-refractivity contribution >= 4 is 43.5 Å². The molecule has 0 atom stereocenters. The second-order valence-electron chi connectivity index (χ2n) is 10.4. The Morgan fingerprint density at radius 2 is 0.867 bits per heavy atom. The Balaban J connectivity index is 1.40. The van der Waals surface area contributed by atoms with Gasteiger partial charge in [-0.15, -0.1) is 0 Å². The van der Waals surface area contributed by atoms with Gasteiger partial charge in [-0.05, 0) is 90.3 Å². The summed E-state index contributed by atoms with van der Waals surface area (Å²) < 4.78 is 158. The van der Waals surface area contributed by atoms with Gasteiger partial charge in [0.25, 0.3) is 0 Å². The molecule has 1 nitrogen and oxygen atoms in total. The molecule has 1 aromatic heterocycles. The lowest BCUT2D eigenvalue weighted by Crippen LogP contribution is -1.90. The third-order valence-corrected chi connectivity index (χ3v) is 7.87. The first-order chi connectivity index (χ1) is 29.4. The summed E-state index contributed by atoms with van der Waals surface area (Å²) in [6.45, 7) is 0. The zero-order chi connectivity index (χ0) is 44.5. The molecule has 0 aliphatic heterocycles. The van der Waals surface area contributed by atoms with Crippen LogP contribution in [0.1, 0.15) is 23.3 Å². The number of furan rings is 1. The number of hydrogen-bond donors (Lipinski definition) is 0. The third-order valence-electron chi connectivity index (χ3n) is 7.87. The molecule has 210 valence electrons. The summed E-state index contributed by atoms with van der Waals surface area (Å²) in [6.07, 6.45) is 0. The van der Waals surface area contributed by atoms with E-state index in [0.717, 1.165) is 16.5 Å². The molecular weight excluding hydrogens is 544 g/mol. The van der Waals surface area contributed by atoms with Crippen LogP contribution in [0.15, 0.2) is 174 Å². The molecule has 9 rings (SSSR count). The Hall–Kier alpha value is -5.92. The number of benzene rings is 8. The van der Waals surface area contributed by atoms with E-state index in [2.05, 4.69) is 0 Å². The maximum absolute atomic E-state index is 9.46. The molecular formula is C44H28O. The average Bonchev–Trinajstić information content (AvgIpc) is 3.64. The molecule has 0 saturated heterocycles. The minimum absolute atomic E-state index is 0.130. The van der Waals surface area contributed by atoms with Crippen LogP contribution < -0.4 is 0 Å². The highest BCUT2D eigenvalue weighted by molar-refractivity contribution is 6.21. The van der Waals surface area contributed by atoms with E-state index in [1.807, 2.05) is 48.5 Å². The van der Waals surface area contributed by atoms with Crippen LogP contribution >= 0.6 is 0 Å². The molecule has 0 amide bonds. The summed E-state index contributed by atoms with van der Waals surface area (Å²) in [7, 11) is 0. The highest BCUT2D eigenvalue weighted by Crippen LogP contribution is 2.44. The van der Waals surface area contributed by atoms with Gasteiger partial charge in [0.15, 0.2) is 0 Å². The molecule has 0 spiro atoms. The Morgan fingerprint density at radius 1 is 0.333 bits per heavy atom. The summed E-state index contributed by atoms with van der Waals surface area (Å²) in [4.78, 5) is 0. The van der Waals surface area contributed by atoms with E-state index in [9.17, 15) is 8.22 Å². The third kappa shape index (κ3) is 4.24. The van der Waals surface area contributed by atoms with Crippen molar-refractivity contribution in [3.05, 3.63) is 169 Å². The SMILES string of the molecule is [2H]c1c([2H])c([2H])c(-c2c3c([2H])c([2H])c([2H])c([2H])c3c(-c3c([2H])c([2H])c(-c4ccc5oc6cc(-c7ccccc7)ccc6c5c4)c([2H])c3[2H])c3c([2H])c([2H])c([2H])c([2H])c23)c([2H])c1[2H]. The van der Waals surface area contributed by atoms with E-state index in [-0.39, 0.29) is 11.1 Å². The molecule has 0 radical (unpaired) electrons. The Bertz CT molecular complexity index is 3350. The van der Waals surface area contributed by atoms with Crippen LogP contribution in [0.2, 0.25) is 0 Å². The van der Waals surface area contributed by atoms with Crippen molar-refractivity contribution in [3.8, 4) is 44.5 Å². The highest BCUT2D eigenvalue weighted by Gasteiger charge is 2.16. The fraction of sp³-hybridized carbons (Fsp3) is 0. The number of rotatable bonds is 4. The van der Waals surface area contributed by atoms with E-state index in [1.165, 1.54) is 0 Å². The summed E-state index contributed by atoms with van der Waals surface area (Å²) in [5.41, 5.74) is 0.969. The average molecular weight is 590 g/mol. The van der Waals surface area contributed by atoms with E-state index in [4.69, 9.17) is 19.5 Å². The van der Waals surface area contributed by atoms with Gasteiger partial charge in [0.2, 0.25) is 0 Å². The largest absolute Gasteiger partial charge is 0.456 e. The van der Waals surface area contributed by atoms with Gasteiger partial charge < -0.3 is 4.42 Å². The van der Waals surface area contributed by atoms with Crippen LogP contribution in [0.3, 0.4) is 0 Å². The zero-order valence-corrected chi connectivity index (χ0v) is 23.3. The van der Waals surface area contributed by atoms with Crippen molar-refractivity contribution in [2.75, 3.05) is 0 Å². The normalized spacial score (nSPS) is 16.8. The van der Waals surface area contributed by atoms with Crippen LogP contribution in [-0.4, -0.2) is 0 Å². The fourth-order valence-electron chi connectivity index (χ4n) is 5.82. The van der Waals surface area contributed by atoms with Crippen LogP contribution in [0.4, 0.5) is 0 Å². The van der Waals surface area contributed by atoms with Gasteiger partial charge in [-0.25, -0.2) is 0 Å². The first-order valence-corrected chi connectivity index (χ1v) is 14.0. The summed E-state index contributed by atoms with van der Waals surface area (Å²) in [5.74, 6) is 0. The van der Waals surface area contributed by atoms with Gasteiger partial charge in [-0.1, -0.05) is 145 Å². The molecule has 0 fully saturated rings. The molecule has 0 bridgehead atoms. The lowest BCUT2D eigenvalue weighted by atomic mass is 9.86. The quantitative estimate of drug-likeness (QED) is 0.186. The minimum atomic E-state index is -0.824. The van der Waals surface area contributed by atoms with Gasteiger partial charge in [0.1, 0.15) is 11.2 Å². The topological polar surface area (TPSA) is 13.1 Å². The maximum atomic E-state index is 9.46. The van der Waals surface area contributed by atoms with Crippen molar-refractivity contribution in [1.29, 1.82) is 0 Å². The second-order valence-corrected chi connectivity index (χ2v) is 10.4. The van der Waals surface area contributed by atoms with Crippen molar-refractivity contribution in [3.63, 3.8) is 0 Å². The van der Waals surface area contributed by atoms with Gasteiger partial charge in [-0.3, -0.25) is 0 Å². The Labute approximate surface area is 285 Å². The summed E-state index contributed by atoms with van der Waals surface area (Å²) in [5, 5.41) is -0.694. The molecule has 1 heteroatoms. The van der Waals surface area contributed by atoms with E-state index >= 15 is 0 Å². The molecule has 1 heterocycles. The summed E-state index contributed by atoms with van der Waals surface area (Å²) in [6, 6.07) is 7.25. The first kappa shape index (κ1) is 13.8. The summed E-state index contributed by atoms with van der Waals surface area (Å²) >= 11 is 0. The Morgan fingerprint density at radius 3 is 1.51 bits per heavy atom. The maximum Gasteiger partial charge on any atom is 0.136 e.